The minimum Gasteiger partial charge on any atom is -0.497 e. The lowest BCUT2D eigenvalue weighted by molar-refractivity contribution is -0.117. The molecule has 2 N–H and O–H groups in total. The number of amides is 2. The maximum atomic E-state index is 12.6. The molecule has 4 aromatic rings. The average Bonchev–Trinajstić information content (AvgIpc) is 3.28. The van der Waals surface area contributed by atoms with E-state index >= 15 is 0 Å². The number of nitrogens with one attached hydrogen (secondary N) is 2. The Morgan fingerprint density at radius 1 is 0.971 bits per heavy atom. The zero-order valence-electron chi connectivity index (χ0n) is 19.2. The van der Waals surface area contributed by atoms with Crippen LogP contribution in [-0.4, -0.2) is 42.4 Å². The number of methoxy groups -OCH3 is 1. The summed E-state index contributed by atoms with van der Waals surface area (Å²) in [5.41, 5.74) is 2.78. The molecule has 3 aromatic carbocycles. The predicted molar refractivity (Wildman–Crippen MR) is 137 cm³/mol. The molecule has 1 atom stereocenters. The Morgan fingerprint density at radius 2 is 1.62 bits per heavy atom. The first kappa shape index (κ1) is 23.4. The maximum absolute atomic E-state index is 12.6. The van der Waals surface area contributed by atoms with E-state index < -0.39 is 0 Å². The van der Waals surface area contributed by atoms with Crippen molar-refractivity contribution in [1.82, 2.24) is 9.88 Å². The highest BCUT2D eigenvalue weighted by Crippen LogP contribution is 2.28. The number of fused-ring (bicyclic) bond motifs is 1. The fraction of sp³-hybridized carbons (Fsp3) is 0.192. The summed E-state index contributed by atoms with van der Waals surface area (Å²) >= 11 is 1.64. The number of aromatic nitrogens is 1. The van der Waals surface area contributed by atoms with E-state index in [1.165, 1.54) is 0 Å². The first-order chi connectivity index (χ1) is 16.4. The van der Waals surface area contributed by atoms with Crippen LogP contribution in [0.3, 0.4) is 0 Å². The van der Waals surface area contributed by atoms with Gasteiger partial charge >= 0.3 is 0 Å². The number of hydrogen-bond donors (Lipinski definition) is 2. The van der Waals surface area contributed by atoms with Gasteiger partial charge in [-0.1, -0.05) is 12.1 Å². The van der Waals surface area contributed by atoms with Gasteiger partial charge in [-0.3, -0.25) is 14.5 Å². The molecule has 34 heavy (non-hydrogen) atoms. The van der Waals surface area contributed by atoms with Crippen LogP contribution in [0.25, 0.3) is 10.2 Å². The van der Waals surface area contributed by atoms with E-state index in [0.29, 0.717) is 16.9 Å². The van der Waals surface area contributed by atoms with Crippen LogP contribution >= 0.6 is 11.3 Å². The van der Waals surface area contributed by atoms with Gasteiger partial charge in [0.15, 0.2) is 0 Å². The summed E-state index contributed by atoms with van der Waals surface area (Å²) < 4.78 is 6.26. The zero-order valence-corrected chi connectivity index (χ0v) is 20.1. The number of para-hydroxylation sites is 1. The third-order valence-corrected chi connectivity index (χ3v) is 6.71. The van der Waals surface area contributed by atoms with Gasteiger partial charge in [0.05, 0.1) is 29.9 Å². The predicted octanol–water partition coefficient (Wildman–Crippen LogP) is 5.19. The first-order valence-corrected chi connectivity index (χ1v) is 11.7. The molecule has 4 rings (SSSR count). The summed E-state index contributed by atoms with van der Waals surface area (Å²) in [7, 11) is 3.50. The Kier molecular flexibility index (Phi) is 7.20. The van der Waals surface area contributed by atoms with E-state index in [9.17, 15) is 9.59 Å². The van der Waals surface area contributed by atoms with Gasteiger partial charge in [0.2, 0.25) is 5.91 Å². The Hall–Kier alpha value is -3.75. The Bertz CT molecular complexity index is 1250. The Morgan fingerprint density at radius 3 is 2.29 bits per heavy atom. The van der Waals surface area contributed by atoms with Gasteiger partial charge in [-0.25, -0.2) is 4.98 Å². The molecule has 8 heteroatoms. The van der Waals surface area contributed by atoms with Crippen molar-refractivity contribution in [2.24, 2.45) is 0 Å². The van der Waals surface area contributed by atoms with Crippen molar-refractivity contribution in [3.8, 4) is 5.75 Å². The lowest BCUT2D eigenvalue weighted by atomic mass is 10.2. The summed E-state index contributed by atoms with van der Waals surface area (Å²) in [4.78, 5) is 31.7. The van der Waals surface area contributed by atoms with Crippen LogP contribution in [0, 0.1) is 0 Å². The fourth-order valence-electron chi connectivity index (χ4n) is 3.40. The second-order valence-electron chi connectivity index (χ2n) is 7.92. The van der Waals surface area contributed by atoms with Crippen molar-refractivity contribution >= 4 is 44.7 Å². The smallest absolute Gasteiger partial charge is 0.255 e. The molecule has 2 amide bonds. The van der Waals surface area contributed by atoms with Gasteiger partial charge in [0, 0.05) is 16.9 Å². The molecule has 0 aliphatic rings. The van der Waals surface area contributed by atoms with E-state index in [4.69, 9.17) is 9.72 Å². The highest BCUT2D eigenvalue weighted by atomic mass is 32.1. The molecule has 0 bridgehead atoms. The van der Waals surface area contributed by atoms with Crippen molar-refractivity contribution in [3.05, 3.63) is 83.4 Å². The highest BCUT2D eigenvalue weighted by molar-refractivity contribution is 7.18. The lowest BCUT2D eigenvalue weighted by Gasteiger charge is -2.22. The number of carbonyl (C=O) groups is 2. The summed E-state index contributed by atoms with van der Waals surface area (Å²) in [6.07, 6.45) is 0. The Labute approximate surface area is 202 Å². The van der Waals surface area contributed by atoms with E-state index in [0.717, 1.165) is 21.0 Å². The molecular weight excluding hydrogens is 448 g/mol. The van der Waals surface area contributed by atoms with E-state index in [-0.39, 0.29) is 24.4 Å². The molecule has 0 aliphatic heterocycles. The van der Waals surface area contributed by atoms with Crippen LogP contribution < -0.4 is 15.4 Å². The quantitative estimate of drug-likeness (QED) is 0.367. The largest absolute Gasteiger partial charge is 0.497 e. The van der Waals surface area contributed by atoms with Gasteiger partial charge in [0.1, 0.15) is 10.8 Å². The molecule has 7 nitrogen and oxygen atoms in total. The molecule has 0 saturated heterocycles. The minimum absolute atomic E-state index is 0.00664. The molecular formula is C26H26N4O3S. The van der Waals surface area contributed by atoms with E-state index in [1.54, 1.807) is 67.0 Å². The second kappa shape index (κ2) is 10.5. The van der Waals surface area contributed by atoms with Gasteiger partial charge in [-0.2, -0.15) is 0 Å². The molecule has 0 fully saturated rings. The Balaban J connectivity index is 1.31. The molecule has 1 heterocycles. The standard InChI is InChI=1S/C26H26N4O3S/c1-17(26-29-22-6-4-5-7-23(22)34-26)30(2)16-24(31)27-19-10-8-18(9-11-19)25(32)28-20-12-14-21(33-3)15-13-20/h4-15,17H,16H2,1-3H3,(H,27,31)(H,28,32). The third kappa shape index (κ3) is 5.59. The molecule has 0 saturated carbocycles. The number of rotatable bonds is 8. The first-order valence-electron chi connectivity index (χ1n) is 10.8. The van der Waals surface area contributed by atoms with Gasteiger partial charge in [0.25, 0.3) is 5.91 Å². The van der Waals surface area contributed by atoms with Crippen molar-refractivity contribution in [2.45, 2.75) is 13.0 Å². The number of nitrogens with zero attached hydrogens (tertiary/aromatic N) is 2. The summed E-state index contributed by atoms with van der Waals surface area (Å²) in [6, 6.07) is 21.9. The SMILES string of the molecule is COc1ccc(NC(=O)c2ccc(NC(=O)CN(C)C(C)c3nc4ccccc4s3)cc2)cc1. The van der Waals surface area contributed by atoms with Gasteiger partial charge in [-0.15, -0.1) is 11.3 Å². The van der Waals surface area contributed by atoms with Crippen molar-refractivity contribution in [1.29, 1.82) is 0 Å². The summed E-state index contributed by atoms with van der Waals surface area (Å²) in [5.74, 6) is 0.358. The average molecular weight is 475 g/mol. The number of thiazole rings is 1. The van der Waals surface area contributed by atoms with Gasteiger partial charge in [-0.05, 0) is 74.6 Å². The van der Waals surface area contributed by atoms with Crippen LogP contribution in [0.4, 0.5) is 11.4 Å². The number of carbonyl (C=O) groups excluding carboxylic acids is 2. The van der Waals surface area contributed by atoms with E-state index in [2.05, 4.69) is 16.7 Å². The number of likely N-dealkylation sites (N-methyl/N-ethyl adjacent to an activating group) is 1. The van der Waals surface area contributed by atoms with Gasteiger partial charge < -0.3 is 15.4 Å². The highest BCUT2D eigenvalue weighted by Gasteiger charge is 2.18. The third-order valence-electron chi connectivity index (χ3n) is 5.50. The topological polar surface area (TPSA) is 83.6 Å². The number of benzene rings is 3. The van der Waals surface area contributed by atoms with Crippen molar-refractivity contribution < 1.29 is 14.3 Å². The lowest BCUT2D eigenvalue weighted by Crippen LogP contribution is -2.32. The molecule has 0 spiro atoms. The van der Waals surface area contributed by atoms with Crippen LogP contribution in [0.15, 0.2) is 72.8 Å². The van der Waals surface area contributed by atoms with Crippen LogP contribution in [-0.2, 0) is 4.79 Å². The maximum Gasteiger partial charge on any atom is 0.255 e. The van der Waals surface area contributed by atoms with Crippen LogP contribution in [0.2, 0.25) is 0 Å². The number of hydrogen-bond acceptors (Lipinski definition) is 6. The van der Waals surface area contributed by atoms with E-state index in [1.807, 2.05) is 37.1 Å². The number of anilines is 2. The molecule has 1 aromatic heterocycles. The molecule has 0 aliphatic carbocycles. The van der Waals surface area contributed by atoms with Crippen LogP contribution in [0.1, 0.15) is 28.3 Å². The molecule has 1 unspecified atom stereocenters. The molecule has 0 radical (unpaired) electrons. The molecule has 174 valence electrons. The van der Waals surface area contributed by atoms with Crippen LogP contribution in [0.5, 0.6) is 5.75 Å². The minimum atomic E-state index is -0.229. The normalized spacial score (nSPS) is 11.9. The number of ether oxygens (including phenoxy) is 1. The summed E-state index contributed by atoms with van der Waals surface area (Å²) in [6.45, 7) is 2.26. The van der Waals surface area contributed by atoms with Crippen molar-refractivity contribution in [2.75, 3.05) is 31.3 Å². The monoisotopic (exact) mass is 474 g/mol. The zero-order chi connectivity index (χ0) is 24.1. The summed E-state index contributed by atoms with van der Waals surface area (Å²) in [5, 5.41) is 6.71. The second-order valence-corrected chi connectivity index (χ2v) is 8.98. The fourth-order valence-corrected chi connectivity index (χ4v) is 4.49. The van der Waals surface area contributed by atoms with Crippen molar-refractivity contribution in [3.63, 3.8) is 0 Å².